The Kier molecular flexibility index (Phi) is 5.54. The quantitative estimate of drug-likeness (QED) is 0.204. The summed E-state index contributed by atoms with van der Waals surface area (Å²) in [7, 11) is 0. The van der Waals surface area contributed by atoms with E-state index in [0.29, 0.717) is 23.1 Å². The summed E-state index contributed by atoms with van der Waals surface area (Å²) in [4.78, 5) is 37.6. The first kappa shape index (κ1) is 23.9. The molecule has 0 unspecified atom stereocenters. The van der Waals surface area contributed by atoms with E-state index < -0.39 is 65.0 Å². The Labute approximate surface area is 192 Å². The summed E-state index contributed by atoms with van der Waals surface area (Å²) in [5.74, 6) is -2.56. The maximum Gasteiger partial charge on any atom is 0.342 e. The van der Waals surface area contributed by atoms with Crippen molar-refractivity contribution in [2.24, 2.45) is 5.92 Å². The predicted molar refractivity (Wildman–Crippen MR) is 114 cm³/mol. The fourth-order valence-corrected chi connectivity index (χ4v) is 5.75. The molecule has 9 nitrogen and oxygen atoms in total. The number of rotatable bonds is 5. The van der Waals surface area contributed by atoms with Crippen molar-refractivity contribution in [1.82, 2.24) is 0 Å². The topological polar surface area (TPSA) is 132 Å². The Balaban J connectivity index is 1.80. The summed E-state index contributed by atoms with van der Waals surface area (Å²) >= 11 is 0. The highest BCUT2D eigenvalue weighted by atomic mass is 16.7. The Morgan fingerprint density at radius 3 is 2.52 bits per heavy atom. The van der Waals surface area contributed by atoms with Crippen molar-refractivity contribution in [3.05, 3.63) is 22.8 Å². The highest BCUT2D eigenvalue weighted by Crippen LogP contribution is 2.66. The van der Waals surface area contributed by atoms with E-state index in [4.69, 9.17) is 18.9 Å². The maximum absolute atomic E-state index is 12.8. The molecule has 2 heterocycles. The second kappa shape index (κ2) is 7.65. The van der Waals surface area contributed by atoms with Crippen molar-refractivity contribution >= 4 is 17.9 Å². The zero-order valence-electron chi connectivity index (χ0n) is 19.8. The number of ether oxygens (including phenoxy) is 4. The normalized spacial score (nSPS) is 43.8. The van der Waals surface area contributed by atoms with Crippen LogP contribution in [-0.4, -0.2) is 69.3 Å². The van der Waals surface area contributed by atoms with Gasteiger partial charge in [-0.25, -0.2) is 9.59 Å². The minimum atomic E-state index is -1.57. The molecule has 2 aliphatic carbocycles. The first-order valence-corrected chi connectivity index (χ1v) is 11.4. The minimum absolute atomic E-state index is 0.0851. The molecular weight excluding hydrogens is 432 g/mol. The molecule has 8 atom stereocenters. The Bertz CT molecular complexity index is 963. The zero-order chi connectivity index (χ0) is 24.5. The number of fused-ring (bicyclic) bond motifs is 2. The number of hydrogen-bond acceptors (Lipinski definition) is 9. The summed E-state index contributed by atoms with van der Waals surface area (Å²) in [5, 5.41) is 22.8. The van der Waals surface area contributed by atoms with Crippen molar-refractivity contribution in [3.8, 4) is 0 Å². The van der Waals surface area contributed by atoms with E-state index in [2.05, 4.69) is 0 Å². The van der Waals surface area contributed by atoms with Gasteiger partial charge in [0.15, 0.2) is 17.3 Å². The summed E-state index contributed by atoms with van der Waals surface area (Å²) in [6.07, 6.45) is -1.98. The average molecular weight is 465 g/mol. The molecule has 0 aromatic rings. The number of aliphatic hydroxyl groups is 2. The molecule has 0 bridgehead atoms. The lowest BCUT2D eigenvalue weighted by Crippen LogP contribution is -2.48. The average Bonchev–Trinajstić information content (AvgIpc) is 3.25. The molecule has 9 heteroatoms. The standard InChI is InChI=1S/C24H32O9/c1-7-9-14(25)30-13-10-22(5,29)16-15(19-24(13)23(6,33-24)21(28)32-19)12(4)18(17(16)26)31-20(27)11(3)8-2/h8,13,16-19,26,29H,7,9-10H2,1-6H3/b11-8-/t13-,16+,17-,18-,19-,22-,23-,24+/m1/s1. The van der Waals surface area contributed by atoms with E-state index in [0.717, 1.165) is 0 Å². The van der Waals surface area contributed by atoms with Gasteiger partial charge in [0.2, 0.25) is 0 Å². The Morgan fingerprint density at radius 1 is 1.27 bits per heavy atom. The summed E-state index contributed by atoms with van der Waals surface area (Å²) in [6, 6.07) is 0. The lowest BCUT2D eigenvalue weighted by Gasteiger charge is -2.35. The molecule has 33 heavy (non-hydrogen) atoms. The first-order chi connectivity index (χ1) is 15.4. The third-order valence-electron chi connectivity index (χ3n) is 7.70. The van der Waals surface area contributed by atoms with Crippen molar-refractivity contribution in [2.45, 2.75) is 102 Å². The van der Waals surface area contributed by atoms with Crippen molar-refractivity contribution in [1.29, 1.82) is 0 Å². The molecular formula is C24H32O9. The molecule has 182 valence electrons. The fourth-order valence-electron chi connectivity index (χ4n) is 5.75. The second-order valence-electron chi connectivity index (χ2n) is 9.91. The molecule has 4 aliphatic rings. The summed E-state index contributed by atoms with van der Waals surface area (Å²) in [5.41, 5.74) is -2.91. The lowest BCUT2D eigenvalue weighted by atomic mass is 9.80. The van der Waals surface area contributed by atoms with Gasteiger partial charge in [-0.05, 0) is 52.2 Å². The number of allylic oxidation sites excluding steroid dienone is 1. The fraction of sp³-hybridized carbons (Fsp3) is 0.708. The van der Waals surface area contributed by atoms with Crippen LogP contribution in [-0.2, 0) is 33.3 Å². The molecule has 2 N–H and O–H groups in total. The van der Waals surface area contributed by atoms with Gasteiger partial charge < -0.3 is 29.2 Å². The number of aliphatic hydroxyl groups excluding tert-OH is 1. The SMILES string of the molecule is C/C=C(/C)C(=O)O[C@@H]1C(C)=C2[C@H]3OC(=O)[C@@]4(C)O[C@@]34[C@H](OC(=O)CCC)C[C@@](C)(O)[C@@H]2[C@H]1O. The molecule has 0 aromatic carbocycles. The van der Waals surface area contributed by atoms with Gasteiger partial charge in [0.1, 0.15) is 18.3 Å². The third-order valence-corrected chi connectivity index (χ3v) is 7.70. The van der Waals surface area contributed by atoms with Gasteiger partial charge in [-0.15, -0.1) is 0 Å². The van der Waals surface area contributed by atoms with Gasteiger partial charge in [-0.1, -0.05) is 13.0 Å². The number of hydrogen-bond donors (Lipinski definition) is 2. The number of epoxide rings is 1. The zero-order valence-corrected chi connectivity index (χ0v) is 19.8. The van der Waals surface area contributed by atoms with Crippen molar-refractivity contribution < 1.29 is 43.5 Å². The predicted octanol–water partition coefficient (Wildman–Crippen LogP) is 1.49. The molecule has 4 rings (SSSR count). The lowest BCUT2D eigenvalue weighted by molar-refractivity contribution is -0.163. The van der Waals surface area contributed by atoms with E-state index >= 15 is 0 Å². The molecule has 2 saturated heterocycles. The van der Waals surface area contributed by atoms with Crippen LogP contribution in [0.4, 0.5) is 0 Å². The number of esters is 3. The third kappa shape index (κ3) is 3.19. The minimum Gasteiger partial charge on any atom is -0.459 e. The van der Waals surface area contributed by atoms with Crippen LogP contribution in [0.25, 0.3) is 0 Å². The molecule has 3 fully saturated rings. The first-order valence-electron chi connectivity index (χ1n) is 11.4. The molecule has 0 radical (unpaired) electrons. The molecule has 0 amide bonds. The van der Waals surface area contributed by atoms with Crippen LogP contribution in [0.5, 0.6) is 0 Å². The van der Waals surface area contributed by atoms with Gasteiger partial charge in [0, 0.05) is 24.3 Å². The van der Waals surface area contributed by atoms with E-state index in [1.165, 1.54) is 6.92 Å². The van der Waals surface area contributed by atoms with Gasteiger partial charge in [-0.3, -0.25) is 4.79 Å². The van der Waals surface area contributed by atoms with Crippen LogP contribution in [0.3, 0.4) is 0 Å². The van der Waals surface area contributed by atoms with E-state index in [1.54, 1.807) is 33.8 Å². The molecule has 0 aromatic heterocycles. The molecule has 2 aliphatic heterocycles. The number of carbonyl (C=O) groups excluding carboxylic acids is 3. The van der Waals surface area contributed by atoms with Gasteiger partial charge in [-0.2, -0.15) is 0 Å². The van der Waals surface area contributed by atoms with E-state index in [-0.39, 0.29) is 12.8 Å². The van der Waals surface area contributed by atoms with Crippen LogP contribution in [0, 0.1) is 5.92 Å². The van der Waals surface area contributed by atoms with Crippen molar-refractivity contribution in [2.75, 3.05) is 0 Å². The highest BCUT2D eigenvalue weighted by Gasteiger charge is 2.88. The van der Waals surface area contributed by atoms with Crippen LogP contribution >= 0.6 is 0 Å². The molecule has 1 saturated carbocycles. The van der Waals surface area contributed by atoms with Gasteiger partial charge in [0.05, 0.1) is 5.60 Å². The van der Waals surface area contributed by atoms with E-state index in [9.17, 15) is 24.6 Å². The summed E-state index contributed by atoms with van der Waals surface area (Å²) < 4.78 is 23.0. The highest BCUT2D eigenvalue weighted by molar-refractivity contribution is 5.90. The van der Waals surface area contributed by atoms with Crippen LogP contribution < -0.4 is 0 Å². The van der Waals surface area contributed by atoms with E-state index in [1.807, 2.05) is 6.92 Å². The second-order valence-corrected chi connectivity index (χ2v) is 9.91. The van der Waals surface area contributed by atoms with Crippen LogP contribution in [0.1, 0.15) is 60.8 Å². The summed E-state index contributed by atoms with van der Waals surface area (Å²) in [6.45, 7) is 9.95. The van der Waals surface area contributed by atoms with Crippen LogP contribution in [0.2, 0.25) is 0 Å². The van der Waals surface area contributed by atoms with Crippen molar-refractivity contribution in [3.63, 3.8) is 0 Å². The van der Waals surface area contributed by atoms with Gasteiger partial charge >= 0.3 is 17.9 Å². The Hall–Kier alpha value is -2.23. The molecule has 1 spiro atoms. The monoisotopic (exact) mass is 464 g/mol. The van der Waals surface area contributed by atoms with Crippen LogP contribution in [0.15, 0.2) is 22.8 Å². The largest absolute Gasteiger partial charge is 0.459 e. The number of carbonyl (C=O) groups is 3. The van der Waals surface area contributed by atoms with Gasteiger partial charge in [0.25, 0.3) is 0 Å². The Morgan fingerprint density at radius 2 is 1.94 bits per heavy atom. The smallest absolute Gasteiger partial charge is 0.342 e. The maximum atomic E-state index is 12.8.